The van der Waals surface area contributed by atoms with E-state index in [-0.39, 0.29) is 43.0 Å². The number of fused-ring (bicyclic) bond motifs is 1. The average molecular weight is 675 g/mol. The van der Waals surface area contributed by atoms with Gasteiger partial charge in [0.05, 0.1) is 16.6 Å². The molecular formula is C22H21Cl3F6IN3. The van der Waals surface area contributed by atoms with Crippen LogP contribution in [0, 0.1) is 0 Å². The van der Waals surface area contributed by atoms with Crippen LogP contribution in [-0.2, 0) is 22.4 Å². The monoisotopic (exact) mass is 673 g/mol. The van der Waals surface area contributed by atoms with Gasteiger partial charge in [-0.15, -0.1) is 24.8 Å². The van der Waals surface area contributed by atoms with E-state index in [1.54, 1.807) is 44.3 Å². The van der Waals surface area contributed by atoms with E-state index < -0.39 is 32.6 Å². The second-order valence-electron chi connectivity index (χ2n) is 8.08. The normalized spacial score (nSPS) is 14.1. The Morgan fingerprint density at radius 2 is 1.54 bits per heavy atom. The quantitative estimate of drug-likeness (QED) is 0.125. The van der Waals surface area contributed by atoms with Crippen LogP contribution in [0.2, 0.25) is 5.02 Å². The number of hydrogen-bond acceptors (Lipinski definition) is 3. The maximum Gasteiger partial charge on any atom is 0.416 e. The molecule has 1 unspecified atom stereocenters. The lowest BCUT2D eigenvalue weighted by Gasteiger charge is -2.41. The van der Waals surface area contributed by atoms with Gasteiger partial charge in [0.25, 0.3) is 0 Å². The molecule has 0 spiro atoms. The fourth-order valence-electron chi connectivity index (χ4n) is 3.39. The summed E-state index contributed by atoms with van der Waals surface area (Å²) in [5.41, 5.74) is 3.94. The zero-order valence-corrected chi connectivity index (χ0v) is 22.7. The van der Waals surface area contributed by atoms with Gasteiger partial charge in [0, 0.05) is 28.7 Å². The molecule has 1 heterocycles. The zero-order chi connectivity index (χ0) is 24.8. The summed E-state index contributed by atoms with van der Waals surface area (Å²) in [6.45, 7) is 3.06. The van der Waals surface area contributed by atoms with Crippen LogP contribution in [-0.4, -0.2) is 10.5 Å². The van der Waals surface area contributed by atoms with Crippen molar-refractivity contribution in [2.24, 2.45) is 5.73 Å². The van der Waals surface area contributed by atoms with Crippen molar-refractivity contribution in [3.63, 3.8) is 0 Å². The smallest absolute Gasteiger partial charge is 0.312 e. The number of alkyl halides is 7. The zero-order valence-electron chi connectivity index (χ0n) is 18.2. The number of pyridine rings is 1. The number of nitrogens with one attached hydrogen (secondary N) is 1. The van der Waals surface area contributed by atoms with Crippen molar-refractivity contribution in [2.45, 2.75) is 41.8 Å². The van der Waals surface area contributed by atoms with Gasteiger partial charge in [-0.2, -0.15) is 26.3 Å². The molecule has 3 aromatic rings. The van der Waals surface area contributed by atoms with Crippen molar-refractivity contribution >= 4 is 69.9 Å². The second-order valence-corrected chi connectivity index (χ2v) is 10.2. The molecule has 0 aliphatic rings. The van der Waals surface area contributed by atoms with Gasteiger partial charge in [0.15, 0.2) is 0 Å². The molecule has 3 nitrogen and oxygen atoms in total. The van der Waals surface area contributed by atoms with Gasteiger partial charge >= 0.3 is 12.4 Å². The first-order chi connectivity index (χ1) is 15.0. The Morgan fingerprint density at radius 3 is 2.11 bits per heavy atom. The maximum absolute atomic E-state index is 13.5. The van der Waals surface area contributed by atoms with Crippen LogP contribution in [0.25, 0.3) is 10.9 Å². The van der Waals surface area contributed by atoms with Crippen molar-refractivity contribution in [3.05, 3.63) is 75.9 Å². The average Bonchev–Trinajstić information content (AvgIpc) is 2.70. The van der Waals surface area contributed by atoms with Gasteiger partial charge in [-0.3, -0.25) is 4.98 Å². The molecule has 13 heteroatoms. The third kappa shape index (κ3) is 6.84. The largest absolute Gasteiger partial charge is 0.416 e. The lowest BCUT2D eigenvalue weighted by atomic mass is 9.87. The van der Waals surface area contributed by atoms with E-state index in [9.17, 15) is 26.3 Å². The third-order valence-corrected chi connectivity index (χ3v) is 7.63. The first kappa shape index (κ1) is 32.0. The first-order valence-corrected chi connectivity index (χ1v) is 11.0. The Hall–Kier alpha value is -1.05. The fraction of sp³-hybridized carbons (Fsp3) is 0.318. The lowest BCUT2D eigenvalue weighted by molar-refractivity contribution is -0.143. The Bertz CT molecular complexity index is 1180. The highest BCUT2D eigenvalue weighted by atomic mass is 127. The molecule has 1 aromatic heterocycles. The lowest BCUT2D eigenvalue weighted by Crippen LogP contribution is -2.58. The predicted molar refractivity (Wildman–Crippen MR) is 138 cm³/mol. The molecule has 2 aromatic carbocycles. The van der Waals surface area contributed by atoms with E-state index in [0.29, 0.717) is 22.2 Å². The summed E-state index contributed by atoms with van der Waals surface area (Å²) < 4.78 is 78.2. The number of halogens is 10. The Kier molecular flexibility index (Phi) is 10.2. The number of benzene rings is 2. The van der Waals surface area contributed by atoms with Gasteiger partial charge in [-0.1, -0.05) is 46.3 Å². The molecule has 0 radical (unpaired) electrons. The van der Waals surface area contributed by atoms with E-state index in [1.165, 1.54) is 0 Å². The number of nitrogens with two attached hydrogens (primary N) is 1. The van der Waals surface area contributed by atoms with Gasteiger partial charge in [-0.05, 0) is 55.3 Å². The SMILES string of the molecule is CC(C)(NCc1ccc(C(F)(F)F)cc1C(F)(F)F)C(N)(I)c1ccnc2cc(Cl)ccc12.Cl.Cl. The van der Waals surface area contributed by atoms with Crippen LogP contribution < -0.4 is 11.1 Å². The Balaban J connectivity index is 0.00000306. The van der Waals surface area contributed by atoms with E-state index in [0.717, 1.165) is 11.5 Å². The van der Waals surface area contributed by atoms with Gasteiger partial charge < -0.3 is 11.1 Å². The Labute approximate surface area is 229 Å². The van der Waals surface area contributed by atoms with Gasteiger partial charge in [0.1, 0.15) is 3.55 Å². The van der Waals surface area contributed by atoms with E-state index in [4.69, 9.17) is 17.3 Å². The number of nitrogens with zero attached hydrogens (tertiary/aromatic N) is 1. The highest BCUT2D eigenvalue weighted by molar-refractivity contribution is 14.1. The van der Waals surface area contributed by atoms with E-state index in [1.807, 2.05) is 22.6 Å². The summed E-state index contributed by atoms with van der Waals surface area (Å²) in [6.07, 6.45) is -8.28. The molecule has 1 atom stereocenters. The fourth-order valence-corrected chi connectivity index (χ4v) is 4.22. The van der Waals surface area contributed by atoms with Gasteiger partial charge in [-0.25, -0.2) is 0 Å². The van der Waals surface area contributed by atoms with Crippen LogP contribution in [0.15, 0.2) is 48.7 Å². The number of aromatic nitrogens is 1. The van der Waals surface area contributed by atoms with Crippen LogP contribution >= 0.6 is 59.0 Å². The molecule has 3 rings (SSSR count). The molecule has 0 saturated carbocycles. The minimum absolute atomic E-state index is 0. The second kappa shape index (κ2) is 11.1. The van der Waals surface area contributed by atoms with E-state index in [2.05, 4.69) is 10.3 Å². The molecule has 0 saturated heterocycles. The molecule has 0 fully saturated rings. The summed E-state index contributed by atoms with van der Waals surface area (Å²) in [7, 11) is 0. The van der Waals surface area contributed by atoms with E-state index >= 15 is 0 Å². The number of rotatable bonds is 5. The molecule has 0 amide bonds. The summed E-state index contributed by atoms with van der Waals surface area (Å²) in [4.78, 5) is 4.28. The molecule has 35 heavy (non-hydrogen) atoms. The minimum Gasteiger partial charge on any atom is -0.312 e. The molecule has 0 aliphatic carbocycles. The molecule has 0 bridgehead atoms. The maximum atomic E-state index is 13.5. The predicted octanol–water partition coefficient (Wildman–Crippen LogP) is 7.88. The summed E-state index contributed by atoms with van der Waals surface area (Å²) >= 11 is 8.04. The third-order valence-electron chi connectivity index (χ3n) is 5.47. The van der Waals surface area contributed by atoms with Crippen molar-refractivity contribution in [1.82, 2.24) is 10.3 Å². The highest BCUT2D eigenvalue weighted by Crippen LogP contribution is 2.41. The minimum atomic E-state index is -4.95. The van der Waals surface area contributed by atoms with Crippen molar-refractivity contribution in [3.8, 4) is 0 Å². The molecule has 0 aliphatic heterocycles. The van der Waals surface area contributed by atoms with Gasteiger partial charge in [0.2, 0.25) is 0 Å². The van der Waals surface area contributed by atoms with Crippen LogP contribution in [0.3, 0.4) is 0 Å². The molecular weight excluding hydrogens is 654 g/mol. The van der Waals surface area contributed by atoms with Crippen molar-refractivity contribution < 1.29 is 26.3 Å². The standard InChI is InChI=1S/C22H19ClF6IN3.2ClH/c1-19(2,20(30,31)16-7-8-32-18-10-14(23)5-6-15(16)18)33-11-12-3-4-13(21(24,25)26)9-17(12)22(27,28)29;;/h3-10,33H,11,31H2,1-2H3;2*1H. The highest BCUT2D eigenvalue weighted by Gasteiger charge is 2.43. The molecule has 3 N–H and O–H groups in total. The topological polar surface area (TPSA) is 50.9 Å². The Morgan fingerprint density at radius 1 is 0.914 bits per heavy atom. The summed E-state index contributed by atoms with van der Waals surface area (Å²) in [6, 6.07) is 8.43. The van der Waals surface area contributed by atoms with Crippen LogP contribution in [0.1, 0.15) is 36.1 Å². The first-order valence-electron chi connectivity index (χ1n) is 9.59. The summed E-state index contributed by atoms with van der Waals surface area (Å²) in [5, 5.41) is 4.21. The molecule has 194 valence electrons. The summed E-state index contributed by atoms with van der Waals surface area (Å²) in [5.74, 6) is 0. The number of hydrogen-bond donors (Lipinski definition) is 2. The van der Waals surface area contributed by atoms with Crippen molar-refractivity contribution in [2.75, 3.05) is 0 Å². The van der Waals surface area contributed by atoms with Crippen LogP contribution in [0.4, 0.5) is 26.3 Å². The van der Waals surface area contributed by atoms with Crippen molar-refractivity contribution in [1.29, 1.82) is 0 Å². The van der Waals surface area contributed by atoms with Crippen LogP contribution in [0.5, 0.6) is 0 Å².